The lowest BCUT2D eigenvalue weighted by molar-refractivity contribution is -0.137. The van der Waals surface area contributed by atoms with Crippen LogP contribution in [0, 0.1) is 6.92 Å². The number of nitrogens with two attached hydrogens (primary N) is 2. The third kappa shape index (κ3) is 4.38. The van der Waals surface area contributed by atoms with Gasteiger partial charge in [-0.3, -0.25) is 4.79 Å². The number of anilines is 2. The Balaban J connectivity index is 1.64. The van der Waals surface area contributed by atoms with E-state index in [9.17, 15) is 22.8 Å². The molecule has 0 aliphatic rings. The van der Waals surface area contributed by atoms with E-state index in [4.69, 9.17) is 20.6 Å². The largest absolute Gasteiger partial charge is 0.456 e. The number of esters is 1. The Morgan fingerprint density at radius 2 is 1.58 bits per heavy atom. The van der Waals surface area contributed by atoms with Crippen molar-refractivity contribution in [1.29, 1.82) is 0 Å². The maximum Gasteiger partial charge on any atom is 0.416 e. The Hall–Kier alpha value is -4.27. The minimum atomic E-state index is -4.57. The first-order valence-electron chi connectivity index (χ1n) is 9.66. The van der Waals surface area contributed by atoms with Crippen LogP contribution in [-0.2, 0) is 6.18 Å². The zero-order valence-electron chi connectivity index (χ0n) is 17.2. The number of halogens is 3. The molecule has 0 radical (unpaired) electrons. The second-order valence-electron chi connectivity index (χ2n) is 7.40. The van der Waals surface area contributed by atoms with E-state index in [-0.39, 0.29) is 33.6 Å². The normalized spacial score (nSPS) is 11.5. The zero-order valence-corrected chi connectivity index (χ0v) is 17.2. The summed E-state index contributed by atoms with van der Waals surface area (Å²) in [7, 11) is 0. The summed E-state index contributed by atoms with van der Waals surface area (Å²) in [5, 5.41) is -0.155. The topological polar surface area (TPSA) is 109 Å². The van der Waals surface area contributed by atoms with Crippen LogP contribution < -0.4 is 21.6 Å². The Morgan fingerprint density at radius 1 is 0.939 bits per heavy atom. The molecule has 0 amide bonds. The first-order valence-corrected chi connectivity index (χ1v) is 9.66. The lowest BCUT2D eigenvalue weighted by Crippen LogP contribution is -2.11. The van der Waals surface area contributed by atoms with Crippen LogP contribution in [0.1, 0.15) is 21.5 Å². The molecule has 1 aromatic heterocycles. The predicted octanol–water partition coefficient (Wildman–Crippen LogP) is 5.17. The molecule has 168 valence electrons. The lowest BCUT2D eigenvalue weighted by atomic mass is 10.0. The number of alkyl halides is 3. The van der Waals surface area contributed by atoms with Crippen LogP contribution in [0.5, 0.6) is 5.75 Å². The van der Waals surface area contributed by atoms with Crippen LogP contribution in [0.2, 0.25) is 0 Å². The standard InChI is InChI=1S/C24H17F3N2O4/c1-12-21(30)19-10-15(24(25,26)27)4-7-20(19)33-22(12)13-2-5-18(6-3-13)32-23(31)14-8-16(28)11-17(29)9-14/h2-11H,28-29H2,1H3. The Bertz CT molecular complexity index is 1420. The van der Waals surface area contributed by atoms with Gasteiger partial charge in [-0.25, -0.2) is 4.79 Å². The van der Waals surface area contributed by atoms with Gasteiger partial charge in [0.15, 0.2) is 5.43 Å². The van der Waals surface area contributed by atoms with Gasteiger partial charge in [-0.15, -0.1) is 0 Å². The smallest absolute Gasteiger partial charge is 0.416 e. The van der Waals surface area contributed by atoms with E-state index in [2.05, 4.69) is 0 Å². The molecule has 0 spiro atoms. The SMILES string of the molecule is Cc1c(-c2ccc(OC(=O)c3cc(N)cc(N)c3)cc2)oc2ccc(C(F)(F)F)cc2c1=O. The molecule has 0 unspecified atom stereocenters. The molecule has 0 bridgehead atoms. The summed E-state index contributed by atoms with van der Waals surface area (Å²) < 4.78 is 50.0. The minimum Gasteiger partial charge on any atom is -0.456 e. The number of hydrogen-bond donors (Lipinski definition) is 2. The quantitative estimate of drug-likeness (QED) is 0.251. The van der Waals surface area contributed by atoms with Crippen molar-refractivity contribution in [3.8, 4) is 17.1 Å². The van der Waals surface area contributed by atoms with Gasteiger partial charge < -0.3 is 20.6 Å². The Labute approximate surface area is 185 Å². The molecule has 4 rings (SSSR count). The molecule has 0 atom stereocenters. The number of fused-ring (bicyclic) bond motifs is 1. The average molecular weight is 454 g/mol. The van der Waals surface area contributed by atoms with Crippen molar-refractivity contribution in [2.75, 3.05) is 11.5 Å². The molecule has 0 aliphatic heterocycles. The summed E-state index contributed by atoms with van der Waals surface area (Å²) in [6.07, 6.45) is -4.57. The highest BCUT2D eigenvalue weighted by Gasteiger charge is 2.31. The fourth-order valence-electron chi connectivity index (χ4n) is 3.37. The first kappa shape index (κ1) is 21.9. The molecular weight excluding hydrogens is 437 g/mol. The molecule has 3 aromatic carbocycles. The summed E-state index contributed by atoms with van der Waals surface area (Å²) in [6.45, 7) is 1.47. The van der Waals surface area contributed by atoms with Gasteiger partial charge in [0, 0.05) is 22.5 Å². The zero-order chi connectivity index (χ0) is 23.9. The van der Waals surface area contributed by atoms with Crippen molar-refractivity contribution in [2.24, 2.45) is 0 Å². The molecule has 1 heterocycles. The van der Waals surface area contributed by atoms with Gasteiger partial charge >= 0.3 is 12.1 Å². The molecule has 0 fully saturated rings. The molecule has 6 nitrogen and oxygen atoms in total. The lowest BCUT2D eigenvalue weighted by Gasteiger charge is -2.11. The Kier molecular flexibility index (Phi) is 5.33. The summed E-state index contributed by atoms with van der Waals surface area (Å²) >= 11 is 0. The minimum absolute atomic E-state index is 0.0309. The summed E-state index contributed by atoms with van der Waals surface area (Å²) in [4.78, 5) is 25.1. The van der Waals surface area contributed by atoms with Crippen molar-refractivity contribution in [3.63, 3.8) is 0 Å². The van der Waals surface area contributed by atoms with E-state index in [1.165, 1.54) is 37.3 Å². The average Bonchev–Trinajstić information content (AvgIpc) is 2.75. The molecule has 0 saturated carbocycles. The molecule has 33 heavy (non-hydrogen) atoms. The van der Waals surface area contributed by atoms with Gasteiger partial charge in [0.2, 0.25) is 0 Å². The monoisotopic (exact) mass is 454 g/mol. The number of carbonyl (C=O) groups excluding carboxylic acids is 1. The van der Waals surface area contributed by atoms with Crippen LogP contribution >= 0.6 is 0 Å². The van der Waals surface area contributed by atoms with Gasteiger partial charge in [0.25, 0.3) is 0 Å². The van der Waals surface area contributed by atoms with Crippen LogP contribution in [0.4, 0.5) is 24.5 Å². The van der Waals surface area contributed by atoms with Crippen molar-refractivity contribution in [3.05, 3.63) is 87.6 Å². The molecule has 9 heteroatoms. The summed E-state index contributed by atoms with van der Waals surface area (Å²) in [6, 6.07) is 13.3. The van der Waals surface area contributed by atoms with E-state index in [0.29, 0.717) is 16.9 Å². The number of benzene rings is 3. The highest BCUT2D eigenvalue weighted by molar-refractivity contribution is 5.93. The molecule has 4 aromatic rings. The van der Waals surface area contributed by atoms with Crippen molar-refractivity contribution in [1.82, 2.24) is 0 Å². The number of hydrogen-bond acceptors (Lipinski definition) is 6. The van der Waals surface area contributed by atoms with E-state index < -0.39 is 23.1 Å². The second-order valence-corrected chi connectivity index (χ2v) is 7.40. The highest BCUT2D eigenvalue weighted by atomic mass is 19.4. The van der Waals surface area contributed by atoms with Gasteiger partial charge in [-0.1, -0.05) is 0 Å². The van der Waals surface area contributed by atoms with E-state index >= 15 is 0 Å². The van der Waals surface area contributed by atoms with Gasteiger partial charge in [-0.05, 0) is 67.6 Å². The molecule has 4 N–H and O–H groups in total. The second kappa shape index (κ2) is 8.01. The van der Waals surface area contributed by atoms with Crippen molar-refractivity contribution >= 4 is 28.3 Å². The maximum atomic E-state index is 13.0. The number of ether oxygens (including phenoxy) is 1. The fourth-order valence-corrected chi connectivity index (χ4v) is 3.37. The summed E-state index contributed by atoms with van der Waals surface area (Å²) in [5.74, 6) is -0.232. The number of carbonyl (C=O) groups is 1. The maximum absolute atomic E-state index is 13.0. The van der Waals surface area contributed by atoms with E-state index in [0.717, 1.165) is 18.2 Å². The Morgan fingerprint density at radius 3 is 2.18 bits per heavy atom. The van der Waals surface area contributed by atoms with Gasteiger partial charge in [-0.2, -0.15) is 13.2 Å². The summed E-state index contributed by atoms with van der Waals surface area (Å²) in [5.41, 5.74) is 11.4. The number of rotatable bonds is 3. The van der Waals surface area contributed by atoms with Crippen LogP contribution in [0.3, 0.4) is 0 Å². The molecular formula is C24H17F3N2O4. The van der Waals surface area contributed by atoms with E-state index in [1.54, 1.807) is 12.1 Å². The van der Waals surface area contributed by atoms with Crippen LogP contribution in [-0.4, -0.2) is 5.97 Å². The van der Waals surface area contributed by atoms with Crippen LogP contribution in [0.15, 0.2) is 69.9 Å². The van der Waals surface area contributed by atoms with Crippen LogP contribution in [0.25, 0.3) is 22.3 Å². The van der Waals surface area contributed by atoms with E-state index in [1.807, 2.05) is 0 Å². The fraction of sp³-hybridized carbons (Fsp3) is 0.0833. The predicted molar refractivity (Wildman–Crippen MR) is 118 cm³/mol. The highest BCUT2D eigenvalue weighted by Crippen LogP contribution is 2.33. The first-order chi connectivity index (χ1) is 15.5. The van der Waals surface area contributed by atoms with Crippen molar-refractivity contribution < 1.29 is 27.1 Å². The molecule has 0 aliphatic carbocycles. The van der Waals surface area contributed by atoms with Gasteiger partial charge in [0.1, 0.15) is 17.1 Å². The number of nitrogen functional groups attached to an aromatic ring is 2. The third-order valence-electron chi connectivity index (χ3n) is 4.99. The third-order valence-corrected chi connectivity index (χ3v) is 4.99. The molecule has 0 saturated heterocycles. The van der Waals surface area contributed by atoms with Gasteiger partial charge in [0.05, 0.1) is 16.5 Å². The van der Waals surface area contributed by atoms with Crippen molar-refractivity contribution in [2.45, 2.75) is 13.1 Å².